The Morgan fingerprint density at radius 3 is 2.08 bits per heavy atom. The number of pyridine rings is 1. The van der Waals surface area contributed by atoms with Crippen molar-refractivity contribution < 1.29 is 4.74 Å². The summed E-state index contributed by atoms with van der Waals surface area (Å²) in [5.41, 5.74) is 2.70. The van der Waals surface area contributed by atoms with Crippen LogP contribution in [0.15, 0.2) is 48.8 Å². The van der Waals surface area contributed by atoms with E-state index in [-0.39, 0.29) is 0 Å². The number of nitrogens with zero attached hydrogens (tertiary/aromatic N) is 3. The quantitative estimate of drug-likeness (QED) is 0.846. The topological polar surface area (TPSA) is 28.6 Å². The van der Waals surface area contributed by atoms with Gasteiger partial charge in [0, 0.05) is 51.7 Å². The van der Waals surface area contributed by atoms with Crippen LogP contribution in [0.5, 0.6) is 5.75 Å². The Balaban J connectivity index is 1.29. The van der Waals surface area contributed by atoms with Crippen molar-refractivity contribution in [3.63, 3.8) is 0 Å². The van der Waals surface area contributed by atoms with Crippen molar-refractivity contribution >= 4 is 0 Å². The van der Waals surface area contributed by atoms with E-state index in [1.807, 2.05) is 18.5 Å². The van der Waals surface area contributed by atoms with Gasteiger partial charge in [0.15, 0.2) is 0 Å². The molecule has 1 aromatic heterocycles. The molecule has 3 heterocycles. The maximum atomic E-state index is 5.24. The lowest BCUT2D eigenvalue weighted by molar-refractivity contribution is 0.246. The molecule has 4 nitrogen and oxygen atoms in total. The van der Waals surface area contributed by atoms with Crippen LogP contribution in [-0.4, -0.2) is 48.1 Å². The second kappa shape index (κ2) is 6.91. The fourth-order valence-corrected chi connectivity index (χ4v) is 4.18. The van der Waals surface area contributed by atoms with E-state index in [2.05, 4.69) is 45.1 Å². The molecule has 24 heavy (non-hydrogen) atoms. The average Bonchev–Trinajstić information content (AvgIpc) is 3.14. The Bertz CT molecular complexity index is 644. The molecule has 0 aliphatic carbocycles. The molecule has 0 spiro atoms. The smallest absolute Gasteiger partial charge is 0.118 e. The SMILES string of the molecule is COc1ccc(CN2C[C@@H]3CN(Cc4cccnc4)C[C@@H]3C2)cc1. The summed E-state index contributed by atoms with van der Waals surface area (Å²) in [5, 5.41) is 0. The van der Waals surface area contributed by atoms with E-state index >= 15 is 0 Å². The largest absolute Gasteiger partial charge is 0.497 e. The van der Waals surface area contributed by atoms with E-state index in [4.69, 9.17) is 4.74 Å². The van der Waals surface area contributed by atoms with Crippen LogP contribution in [0, 0.1) is 11.8 Å². The number of hydrogen-bond donors (Lipinski definition) is 0. The predicted molar refractivity (Wildman–Crippen MR) is 94.8 cm³/mol. The zero-order valence-corrected chi connectivity index (χ0v) is 14.3. The van der Waals surface area contributed by atoms with Crippen LogP contribution in [0.1, 0.15) is 11.1 Å². The minimum absolute atomic E-state index is 0.819. The summed E-state index contributed by atoms with van der Waals surface area (Å²) < 4.78 is 5.24. The molecule has 126 valence electrons. The Kier molecular flexibility index (Phi) is 4.50. The number of rotatable bonds is 5. The molecular formula is C20H25N3O. The van der Waals surface area contributed by atoms with Gasteiger partial charge < -0.3 is 4.74 Å². The van der Waals surface area contributed by atoms with E-state index in [9.17, 15) is 0 Å². The summed E-state index contributed by atoms with van der Waals surface area (Å²) in [6.07, 6.45) is 3.84. The van der Waals surface area contributed by atoms with Crippen LogP contribution in [0.2, 0.25) is 0 Å². The minimum Gasteiger partial charge on any atom is -0.497 e. The van der Waals surface area contributed by atoms with E-state index < -0.39 is 0 Å². The molecule has 2 aliphatic heterocycles. The molecule has 2 aromatic rings. The van der Waals surface area contributed by atoms with E-state index in [0.29, 0.717) is 0 Å². The van der Waals surface area contributed by atoms with Crippen LogP contribution in [0.4, 0.5) is 0 Å². The highest BCUT2D eigenvalue weighted by Gasteiger charge is 2.39. The Morgan fingerprint density at radius 1 is 0.917 bits per heavy atom. The van der Waals surface area contributed by atoms with Crippen molar-refractivity contribution in [2.45, 2.75) is 13.1 Å². The van der Waals surface area contributed by atoms with Crippen molar-refractivity contribution in [2.24, 2.45) is 11.8 Å². The van der Waals surface area contributed by atoms with Crippen molar-refractivity contribution in [1.29, 1.82) is 0 Å². The van der Waals surface area contributed by atoms with Crippen molar-refractivity contribution in [3.05, 3.63) is 59.9 Å². The number of likely N-dealkylation sites (tertiary alicyclic amines) is 2. The second-order valence-electron chi connectivity index (χ2n) is 7.12. The number of methoxy groups -OCH3 is 1. The van der Waals surface area contributed by atoms with Gasteiger partial charge in [-0.3, -0.25) is 14.8 Å². The van der Waals surface area contributed by atoms with Crippen molar-refractivity contribution in [3.8, 4) is 5.75 Å². The normalized spacial score (nSPS) is 24.2. The van der Waals surface area contributed by atoms with E-state index in [0.717, 1.165) is 30.7 Å². The molecule has 4 rings (SSSR count). The maximum Gasteiger partial charge on any atom is 0.118 e. The van der Waals surface area contributed by atoms with Gasteiger partial charge in [-0.05, 0) is 41.2 Å². The monoisotopic (exact) mass is 323 g/mol. The summed E-state index contributed by atoms with van der Waals surface area (Å²) in [4.78, 5) is 9.43. The van der Waals surface area contributed by atoms with Gasteiger partial charge in [-0.15, -0.1) is 0 Å². The number of aromatic nitrogens is 1. The fraction of sp³-hybridized carbons (Fsp3) is 0.450. The van der Waals surface area contributed by atoms with Crippen LogP contribution in [-0.2, 0) is 13.1 Å². The molecule has 4 heteroatoms. The Morgan fingerprint density at radius 2 is 1.54 bits per heavy atom. The standard InChI is InChI=1S/C20H25N3O/c1-24-20-6-4-16(5-7-20)10-22-12-18-14-23(15-19(18)13-22)11-17-3-2-8-21-9-17/h2-9,18-19H,10-15H2,1H3/t18-,19+. The first-order chi connectivity index (χ1) is 11.8. The summed E-state index contributed by atoms with van der Waals surface area (Å²) in [7, 11) is 1.72. The number of benzene rings is 1. The predicted octanol–water partition coefficient (Wildman–Crippen LogP) is 2.65. The van der Waals surface area contributed by atoms with Gasteiger partial charge in [-0.25, -0.2) is 0 Å². The number of ether oxygens (including phenoxy) is 1. The summed E-state index contributed by atoms with van der Waals surface area (Å²) in [6.45, 7) is 6.98. The first-order valence-electron chi connectivity index (χ1n) is 8.76. The lowest BCUT2D eigenvalue weighted by Crippen LogP contribution is -2.28. The van der Waals surface area contributed by atoms with Gasteiger partial charge in [0.1, 0.15) is 5.75 Å². The molecule has 0 N–H and O–H groups in total. The third kappa shape index (κ3) is 3.45. The third-order valence-corrected chi connectivity index (χ3v) is 5.33. The third-order valence-electron chi connectivity index (χ3n) is 5.33. The molecule has 0 unspecified atom stereocenters. The van der Waals surface area contributed by atoms with Crippen molar-refractivity contribution in [2.75, 3.05) is 33.3 Å². The lowest BCUT2D eigenvalue weighted by atomic mass is 10.0. The zero-order chi connectivity index (χ0) is 16.4. The average molecular weight is 323 g/mol. The molecule has 2 fully saturated rings. The van der Waals surface area contributed by atoms with Gasteiger partial charge in [0.05, 0.1) is 7.11 Å². The van der Waals surface area contributed by atoms with Gasteiger partial charge >= 0.3 is 0 Å². The van der Waals surface area contributed by atoms with Gasteiger partial charge in [0.25, 0.3) is 0 Å². The highest BCUT2D eigenvalue weighted by molar-refractivity contribution is 5.27. The van der Waals surface area contributed by atoms with Gasteiger partial charge in [-0.1, -0.05) is 18.2 Å². The molecular weight excluding hydrogens is 298 g/mol. The highest BCUT2D eigenvalue weighted by Crippen LogP contribution is 2.32. The van der Waals surface area contributed by atoms with Crippen molar-refractivity contribution in [1.82, 2.24) is 14.8 Å². The van der Waals surface area contributed by atoms with E-state index in [1.54, 1.807) is 7.11 Å². The lowest BCUT2D eigenvalue weighted by Gasteiger charge is -2.21. The van der Waals surface area contributed by atoms with Crippen LogP contribution in [0.25, 0.3) is 0 Å². The fourth-order valence-electron chi connectivity index (χ4n) is 4.18. The van der Waals surface area contributed by atoms with Gasteiger partial charge in [0.2, 0.25) is 0 Å². The molecule has 0 radical (unpaired) electrons. The summed E-state index contributed by atoms with van der Waals surface area (Å²) in [5.74, 6) is 2.57. The van der Waals surface area contributed by atoms with Crippen LogP contribution in [0.3, 0.4) is 0 Å². The molecule has 1 aromatic carbocycles. The Hall–Kier alpha value is -1.91. The molecule has 0 bridgehead atoms. The minimum atomic E-state index is 0.819. The zero-order valence-electron chi connectivity index (χ0n) is 14.3. The highest BCUT2D eigenvalue weighted by atomic mass is 16.5. The summed E-state index contributed by atoms with van der Waals surface area (Å²) in [6, 6.07) is 12.7. The number of fused-ring (bicyclic) bond motifs is 1. The molecule has 0 saturated carbocycles. The van der Waals surface area contributed by atoms with Crippen LogP contribution < -0.4 is 4.74 Å². The first kappa shape index (κ1) is 15.6. The second-order valence-corrected chi connectivity index (χ2v) is 7.12. The molecule has 2 aliphatic rings. The number of hydrogen-bond acceptors (Lipinski definition) is 4. The maximum absolute atomic E-state index is 5.24. The Labute approximate surface area is 144 Å². The molecule has 0 amide bonds. The van der Waals surface area contributed by atoms with E-state index in [1.165, 1.54) is 37.3 Å². The summed E-state index contributed by atoms with van der Waals surface area (Å²) >= 11 is 0. The molecule has 2 atom stereocenters. The first-order valence-corrected chi connectivity index (χ1v) is 8.76. The van der Waals surface area contributed by atoms with Crippen LogP contribution >= 0.6 is 0 Å². The molecule has 2 saturated heterocycles. The van der Waals surface area contributed by atoms with Gasteiger partial charge in [-0.2, -0.15) is 0 Å².